The number of carbonyl (C=O) groups is 1. The van der Waals surface area contributed by atoms with Gasteiger partial charge in [0, 0.05) is 25.1 Å². The largest absolute Gasteiger partial charge is 0.463 e. The van der Waals surface area contributed by atoms with E-state index >= 15 is 0 Å². The summed E-state index contributed by atoms with van der Waals surface area (Å²) in [6, 6.07) is 21.5. The number of carbonyl (C=O) groups excluding carboxylic acids is 1. The molecule has 130 valence electrons. The summed E-state index contributed by atoms with van der Waals surface area (Å²) in [5.74, 6) is 0.181. The van der Waals surface area contributed by atoms with Crippen LogP contribution in [0.25, 0.3) is 0 Å². The highest BCUT2D eigenvalue weighted by atomic mass is 16.5. The van der Waals surface area contributed by atoms with Gasteiger partial charge in [-0.3, -0.25) is 4.90 Å². The van der Waals surface area contributed by atoms with Gasteiger partial charge >= 0.3 is 5.97 Å². The van der Waals surface area contributed by atoms with Crippen LogP contribution >= 0.6 is 0 Å². The fourth-order valence-electron chi connectivity index (χ4n) is 3.38. The fourth-order valence-corrected chi connectivity index (χ4v) is 3.38. The van der Waals surface area contributed by atoms with Gasteiger partial charge in [0.05, 0.1) is 12.6 Å². The van der Waals surface area contributed by atoms with Gasteiger partial charge in [0.2, 0.25) is 0 Å². The summed E-state index contributed by atoms with van der Waals surface area (Å²) in [6.07, 6.45) is 1.64. The fraction of sp³-hybridized carbons (Fsp3) is 0.318. The highest BCUT2D eigenvalue weighted by molar-refractivity contribution is 5.82. The second kappa shape index (κ2) is 8.13. The number of esters is 1. The molecule has 0 aromatic heterocycles. The van der Waals surface area contributed by atoms with Crippen molar-refractivity contribution in [3.05, 3.63) is 83.4 Å². The second-order valence-electron chi connectivity index (χ2n) is 6.52. The van der Waals surface area contributed by atoms with Gasteiger partial charge in [-0.25, -0.2) is 4.79 Å². The van der Waals surface area contributed by atoms with E-state index in [2.05, 4.69) is 65.6 Å². The molecule has 0 aliphatic carbocycles. The van der Waals surface area contributed by atoms with Crippen LogP contribution in [0.2, 0.25) is 0 Å². The van der Waals surface area contributed by atoms with Crippen molar-refractivity contribution in [2.45, 2.75) is 19.9 Å². The maximum absolute atomic E-state index is 11.6. The second-order valence-corrected chi connectivity index (χ2v) is 6.52. The molecule has 2 aromatic rings. The molecule has 1 saturated heterocycles. The molecular weight excluding hydrogens is 310 g/mol. The molecule has 0 unspecified atom stereocenters. The number of rotatable bonds is 6. The molecule has 1 heterocycles. The van der Waals surface area contributed by atoms with E-state index in [1.54, 1.807) is 6.08 Å². The third-order valence-corrected chi connectivity index (χ3v) is 4.78. The normalized spacial score (nSPS) is 15.9. The number of benzene rings is 2. The van der Waals surface area contributed by atoms with Crippen molar-refractivity contribution in [2.24, 2.45) is 5.92 Å². The molecule has 3 rings (SSSR count). The number of ether oxygens (including phenoxy) is 1. The summed E-state index contributed by atoms with van der Waals surface area (Å²) < 4.78 is 5.02. The SMILES string of the molecule is CCOC(=O)/C=C(\C)C1CN(C(c2ccccc2)c2ccccc2)C1. The van der Waals surface area contributed by atoms with Crippen LogP contribution in [0.15, 0.2) is 72.3 Å². The van der Waals surface area contributed by atoms with E-state index in [0.29, 0.717) is 12.5 Å². The number of nitrogens with zero attached hydrogens (tertiary/aromatic N) is 1. The molecule has 0 atom stereocenters. The lowest BCUT2D eigenvalue weighted by atomic mass is 9.86. The Kier molecular flexibility index (Phi) is 5.67. The zero-order chi connectivity index (χ0) is 17.6. The van der Waals surface area contributed by atoms with Crippen LogP contribution in [-0.4, -0.2) is 30.6 Å². The molecule has 0 spiro atoms. The van der Waals surface area contributed by atoms with E-state index in [1.807, 2.05) is 13.8 Å². The summed E-state index contributed by atoms with van der Waals surface area (Å²) in [4.78, 5) is 14.1. The van der Waals surface area contributed by atoms with Crippen molar-refractivity contribution < 1.29 is 9.53 Å². The van der Waals surface area contributed by atoms with Gasteiger partial charge in [-0.2, -0.15) is 0 Å². The predicted molar refractivity (Wildman–Crippen MR) is 100 cm³/mol. The first-order chi connectivity index (χ1) is 12.2. The van der Waals surface area contributed by atoms with E-state index in [1.165, 1.54) is 11.1 Å². The van der Waals surface area contributed by atoms with Gasteiger partial charge < -0.3 is 4.74 Å². The van der Waals surface area contributed by atoms with Crippen LogP contribution in [0.4, 0.5) is 0 Å². The van der Waals surface area contributed by atoms with E-state index < -0.39 is 0 Å². The van der Waals surface area contributed by atoms with E-state index in [-0.39, 0.29) is 12.0 Å². The van der Waals surface area contributed by atoms with Crippen molar-refractivity contribution in [1.29, 1.82) is 0 Å². The Balaban J connectivity index is 1.74. The lowest BCUT2D eigenvalue weighted by Gasteiger charge is -2.45. The molecular formula is C22H25NO2. The topological polar surface area (TPSA) is 29.5 Å². The van der Waals surface area contributed by atoms with Crippen LogP contribution in [0.1, 0.15) is 31.0 Å². The Morgan fingerprint density at radius 2 is 1.60 bits per heavy atom. The quantitative estimate of drug-likeness (QED) is 0.585. The third-order valence-electron chi connectivity index (χ3n) is 4.78. The van der Waals surface area contributed by atoms with Crippen molar-refractivity contribution >= 4 is 5.97 Å². The maximum atomic E-state index is 11.6. The summed E-state index contributed by atoms with van der Waals surface area (Å²) >= 11 is 0. The summed E-state index contributed by atoms with van der Waals surface area (Å²) in [6.45, 7) is 6.19. The highest BCUT2D eigenvalue weighted by Gasteiger charge is 2.34. The zero-order valence-corrected chi connectivity index (χ0v) is 14.9. The molecule has 0 saturated carbocycles. The van der Waals surface area contributed by atoms with Crippen LogP contribution in [0.5, 0.6) is 0 Å². The summed E-state index contributed by atoms with van der Waals surface area (Å²) in [5, 5.41) is 0. The minimum absolute atomic E-state index is 0.235. The first-order valence-electron chi connectivity index (χ1n) is 8.88. The average Bonchev–Trinajstić information content (AvgIpc) is 2.59. The molecule has 1 fully saturated rings. The smallest absolute Gasteiger partial charge is 0.330 e. The van der Waals surface area contributed by atoms with Gasteiger partial charge in [0.25, 0.3) is 0 Å². The van der Waals surface area contributed by atoms with E-state index in [4.69, 9.17) is 4.74 Å². The van der Waals surface area contributed by atoms with Crippen molar-refractivity contribution in [1.82, 2.24) is 4.90 Å². The van der Waals surface area contributed by atoms with Crippen LogP contribution in [0, 0.1) is 5.92 Å². The van der Waals surface area contributed by atoms with E-state index in [9.17, 15) is 4.79 Å². The summed E-state index contributed by atoms with van der Waals surface area (Å²) in [7, 11) is 0. The standard InChI is InChI=1S/C22H25NO2/c1-3-25-21(24)14-17(2)20-15-23(16-20)22(18-10-6-4-7-11-18)19-12-8-5-9-13-19/h4-14,20,22H,3,15-16H2,1-2H3/b17-14+. The maximum Gasteiger partial charge on any atom is 0.330 e. The lowest BCUT2D eigenvalue weighted by Crippen LogP contribution is -2.49. The van der Waals surface area contributed by atoms with Gasteiger partial charge in [0.1, 0.15) is 0 Å². The van der Waals surface area contributed by atoms with Gasteiger partial charge in [-0.15, -0.1) is 0 Å². The molecule has 0 amide bonds. The third kappa shape index (κ3) is 4.18. The Labute approximate surface area is 149 Å². The number of hydrogen-bond donors (Lipinski definition) is 0. The molecule has 0 radical (unpaired) electrons. The minimum Gasteiger partial charge on any atom is -0.463 e. The van der Waals surface area contributed by atoms with Gasteiger partial charge in [-0.05, 0) is 25.0 Å². The molecule has 1 aliphatic heterocycles. The monoisotopic (exact) mass is 335 g/mol. The predicted octanol–water partition coefficient (Wildman–Crippen LogP) is 4.22. The van der Waals surface area contributed by atoms with E-state index in [0.717, 1.165) is 18.7 Å². The average molecular weight is 335 g/mol. The molecule has 3 heteroatoms. The Bertz CT molecular complexity index is 679. The molecule has 25 heavy (non-hydrogen) atoms. The molecule has 1 aliphatic rings. The van der Waals surface area contributed by atoms with Crippen LogP contribution in [0.3, 0.4) is 0 Å². The lowest BCUT2D eigenvalue weighted by molar-refractivity contribution is -0.137. The molecule has 2 aromatic carbocycles. The minimum atomic E-state index is -0.235. The van der Waals surface area contributed by atoms with Crippen LogP contribution < -0.4 is 0 Å². The number of hydrogen-bond acceptors (Lipinski definition) is 3. The van der Waals surface area contributed by atoms with Crippen LogP contribution in [-0.2, 0) is 9.53 Å². The molecule has 0 N–H and O–H groups in total. The highest BCUT2D eigenvalue weighted by Crippen LogP contribution is 2.36. The number of likely N-dealkylation sites (tertiary alicyclic amines) is 1. The Morgan fingerprint density at radius 1 is 1.08 bits per heavy atom. The zero-order valence-electron chi connectivity index (χ0n) is 14.9. The van der Waals surface area contributed by atoms with Crippen molar-refractivity contribution in [3.63, 3.8) is 0 Å². The first-order valence-corrected chi connectivity index (χ1v) is 8.88. The van der Waals surface area contributed by atoms with Crippen molar-refractivity contribution in [2.75, 3.05) is 19.7 Å². The molecule has 0 bridgehead atoms. The van der Waals surface area contributed by atoms with Gasteiger partial charge in [-0.1, -0.05) is 66.2 Å². The molecule has 3 nitrogen and oxygen atoms in total. The van der Waals surface area contributed by atoms with Gasteiger partial charge in [0.15, 0.2) is 0 Å². The first kappa shape index (κ1) is 17.4. The Hall–Kier alpha value is -2.39. The summed E-state index contributed by atoms with van der Waals surface area (Å²) in [5.41, 5.74) is 3.72. The van der Waals surface area contributed by atoms with Crippen molar-refractivity contribution in [3.8, 4) is 0 Å². The Morgan fingerprint density at radius 3 is 2.08 bits per heavy atom.